The Labute approximate surface area is 253 Å². The van der Waals surface area contributed by atoms with Gasteiger partial charge in [0, 0.05) is 17.0 Å². The first kappa shape index (κ1) is 33.3. The Hall–Kier alpha value is -4.20. The minimum atomic E-state index is -0.847. The third-order valence-corrected chi connectivity index (χ3v) is 6.44. The van der Waals surface area contributed by atoms with E-state index in [9.17, 15) is 19.2 Å². The maximum Gasteiger partial charge on any atom is 0.316 e. The Morgan fingerprint density at radius 1 is 0.744 bits per heavy atom. The predicted molar refractivity (Wildman–Crippen MR) is 165 cm³/mol. The van der Waals surface area contributed by atoms with E-state index in [0.717, 1.165) is 5.57 Å². The first-order chi connectivity index (χ1) is 19.7. The van der Waals surface area contributed by atoms with Crippen molar-refractivity contribution in [2.75, 3.05) is 0 Å². The van der Waals surface area contributed by atoms with Crippen molar-refractivity contribution in [2.24, 2.45) is 16.2 Å². The minimum absolute atomic E-state index is 0.0616. The lowest BCUT2D eigenvalue weighted by atomic mass is 9.97. The molecule has 0 N–H and O–H groups in total. The van der Waals surface area contributed by atoms with Crippen molar-refractivity contribution in [1.82, 2.24) is 0 Å². The monoisotopic (exact) mass is 590 g/mol. The van der Waals surface area contributed by atoms with Gasteiger partial charge in [-0.15, -0.1) is 0 Å². The summed E-state index contributed by atoms with van der Waals surface area (Å²) in [5.74, 6) is -0.690. The molecular formula is C35H42O8. The summed E-state index contributed by atoms with van der Waals surface area (Å²) < 4.78 is 23.5. The van der Waals surface area contributed by atoms with Crippen LogP contribution >= 0.6 is 0 Å². The smallest absolute Gasteiger partial charge is 0.316 e. The largest absolute Gasteiger partial charge is 0.455 e. The summed E-state index contributed by atoms with van der Waals surface area (Å²) in [7, 11) is 0. The number of benzene rings is 2. The number of ether oxygens (including phenoxy) is 3. The third kappa shape index (κ3) is 7.80. The highest BCUT2D eigenvalue weighted by Crippen LogP contribution is 2.43. The fraction of sp³-hybridized carbons (Fsp3) is 0.429. The predicted octanol–water partition coefficient (Wildman–Crippen LogP) is 8.28. The van der Waals surface area contributed by atoms with Gasteiger partial charge in [0.2, 0.25) is 0 Å². The number of esters is 3. The molecule has 0 saturated heterocycles. The van der Waals surface area contributed by atoms with E-state index in [1.54, 1.807) is 86.6 Å². The first-order valence-corrected chi connectivity index (χ1v) is 14.2. The molecule has 0 aliphatic heterocycles. The van der Waals surface area contributed by atoms with Gasteiger partial charge in [-0.3, -0.25) is 19.2 Å². The molecule has 0 radical (unpaired) electrons. The number of allylic oxidation sites excluding steroid dienone is 2. The summed E-state index contributed by atoms with van der Waals surface area (Å²) in [5.41, 5.74) is 0.196. The molecule has 1 aromatic heterocycles. The second-order valence-electron chi connectivity index (χ2n) is 13.9. The molecule has 230 valence electrons. The van der Waals surface area contributed by atoms with Gasteiger partial charge in [-0.2, -0.15) is 0 Å². The Morgan fingerprint density at radius 3 is 1.79 bits per heavy atom. The van der Waals surface area contributed by atoms with Gasteiger partial charge < -0.3 is 18.6 Å². The number of carbonyl (C=O) groups excluding carboxylic acids is 4. The molecule has 1 heterocycles. The molecule has 0 aliphatic carbocycles. The molecular weight excluding hydrogens is 548 g/mol. The van der Waals surface area contributed by atoms with Gasteiger partial charge in [0.05, 0.1) is 27.4 Å². The van der Waals surface area contributed by atoms with Gasteiger partial charge in [-0.25, -0.2) is 0 Å². The van der Waals surface area contributed by atoms with Gasteiger partial charge in [-0.05, 0) is 107 Å². The van der Waals surface area contributed by atoms with E-state index in [1.807, 2.05) is 19.9 Å². The van der Waals surface area contributed by atoms with Crippen molar-refractivity contribution in [2.45, 2.75) is 82.6 Å². The van der Waals surface area contributed by atoms with Crippen LogP contribution in [0, 0.1) is 16.2 Å². The minimum Gasteiger partial charge on any atom is -0.455 e. The van der Waals surface area contributed by atoms with Gasteiger partial charge in [0.25, 0.3) is 0 Å². The van der Waals surface area contributed by atoms with E-state index >= 15 is 0 Å². The normalized spacial score (nSPS) is 12.1. The van der Waals surface area contributed by atoms with Crippen molar-refractivity contribution in [3.8, 4) is 28.6 Å². The van der Waals surface area contributed by atoms with Crippen LogP contribution in [0.5, 0.6) is 17.2 Å². The lowest BCUT2D eigenvalue weighted by Crippen LogP contribution is -2.26. The number of rotatable bonds is 7. The van der Waals surface area contributed by atoms with Crippen molar-refractivity contribution in [3.05, 3.63) is 53.1 Å². The fourth-order valence-electron chi connectivity index (χ4n) is 3.73. The van der Waals surface area contributed by atoms with E-state index in [1.165, 1.54) is 6.07 Å². The van der Waals surface area contributed by atoms with E-state index in [4.69, 9.17) is 18.6 Å². The maximum absolute atomic E-state index is 13.0. The van der Waals surface area contributed by atoms with E-state index in [2.05, 4.69) is 0 Å². The Kier molecular flexibility index (Phi) is 9.44. The van der Waals surface area contributed by atoms with Crippen LogP contribution in [0.2, 0.25) is 0 Å². The summed E-state index contributed by atoms with van der Waals surface area (Å²) in [6.45, 7) is 19.5. The average Bonchev–Trinajstić information content (AvgIpc) is 3.24. The first-order valence-electron chi connectivity index (χ1n) is 14.2. The highest BCUT2D eigenvalue weighted by Gasteiger charge is 2.30. The average molecular weight is 591 g/mol. The molecule has 2 aromatic carbocycles. The van der Waals surface area contributed by atoms with E-state index < -0.39 is 34.2 Å². The van der Waals surface area contributed by atoms with Crippen LogP contribution in [-0.4, -0.2) is 24.2 Å². The summed E-state index contributed by atoms with van der Waals surface area (Å²) in [6, 6.07) is 7.89. The van der Waals surface area contributed by atoms with E-state index in [0.29, 0.717) is 40.6 Å². The van der Waals surface area contributed by atoms with Gasteiger partial charge in [0.1, 0.15) is 28.6 Å². The molecule has 0 unspecified atom stereocenters. The molecule has 0 fully saturated rings. The highest BCUT2D eigenvalue weighted by molar-refractivity contribution is 6.05. The second-order valence-corrected chi connectivity index (χ2v) is 13.9. The number of hydrogen-bond donors (Lipinski definition) is 0. The van der Waals surface area contributed by atoms with Crippen LogP contribution in [-0.2, 0) is 20.8 Å². The molecule has 8 nitrogen and oxygen atoms in total. The number of carbonyl (C=O) groups is 4. The number of furan rings is 1. The van der Waals surface area contributed by atoms with Crippen LogP contribution in [0.1, 0.15) is 92.1 Å². The summed E-state index contributed by atoms with van der Waals surface area (Å²) in [4.78, 5) is 50.9. The number of hydrogen-bond acceptors (Lipinski definition) is 8. The van der Waals surface area contributed by atoms with Crippen molar-refractivity contribution < 1.29 is 37.8 Å². The van der Waals surface area contributed by atoms with Crippen LogP contribution in [0.25, 0.3) is 22.3 Å². The van der Waals surface area contributed by atoms with Crippen LogP contribution < -0.4 is 14.2 Å². The zero-order valence-electron chi connectivity index (χ0n) is 27.0. The second kappa shape index (κ2) is 12.2. The Bertz CT molecular complexity index is 1590. The molecule has 8 heteroatoms. The van der Waals surface area contributed by atoms with Crippen LogP contribution in [0.3, 0.4) is 0 Å². The standard InChI is InChI=1S/C35H42O8/c1-20(2)12-14-23-26(41-31(38)34(6,7)8)17-16-22-25(19-36)29(43-28(22)23)24-15-13-21(40-30(37)33(3,4)5)18-27(24)42-32(39)35(9,10)11/h12-13,15-19H,14H2,1-11H3. The zero-order chi connectivity index (χ0) is 32.5. The SMILES string of the molecule is CC(C)=CCc1c(OC(=O)C(C)(C)C)ccc2c(C=O)c(-c3ccc(OC(=O)C(C)(C)C)cc3OC(=O)C(C)(C)C)oc12. The number of aldehydes is 1. The molecule has 3 rings (SSSR count). The van der Waals surface area contributed by atoms with E-state index in [-0.39, 0.29) is 22.8 Å². The van der Waals surface area contributed by atoms with Crippen molar-refractivity contribution >= 4 is 35.2 Å². The summed E-state index contributed by atoms with van der Waals surface area (Å²) in [5, 5.41) is 0.508. The Balaban J connectivity index is 2.29. The summed E-state index contributed by atoms with van der Waals surface area (Å²) in [6.07, 6.45) is 3.03. The molecule has 0 amide bonds. The summed E-state index contributed by atoms with van der Waals surface area (Å²) >= 11 is 0. The number of fused-ring (bicyclic) bond motifs is 1. The van der Waals surface area contributed by atoms with Crippen LogP contribution in [0.15, 0.2) is 46.4 Å². The highest BCUT2D eigenvalue weighted by atomic mass is 16.6. The maximum atomic E-state index is 13.0. The van der Waals surface area contributed by atoms with Crippen molar-refractivity contribution in [1.29, 1.82) is 0 Å². The lowest BCUT2D eigenvalue weighted by Gasteiger charge is -2.19. The molecule has 0 spiro atoms. The van der Waals surface area contributed by atoms with Gasteiger partial charge in [0.15, 0.2) is 6.29 Å². The molecule has 3 aromatic rings. The third-order valence-electron chi connectivity index (χ3n) is 6.44. The molecule has 43 heavy (non-hydrogen) atoms. The topological polar surface area (TPSA) is 109 Å². The lowest BCUT2D eigenvalue weighted by molar-refractivity contribution is -0.144. The quantitative estimate of drug-likeness (QED) is 0.117. The fourth-order valence-corrected chi connectivity index (χ4v) is 3.73. The van der Waals surface area contributed by atoms with Gasteiger partial charge >= 0.3 is 17.9 Å². The Morgan fingerprint density at radius 2 is 1.28 bits per heavy atom. The molecule has 0 bridgehead atoms. The zero-order valence-corrected chi connectivity index (χ0v) is 27.0. The molecule has 0 saturated carbocycles. The molecule has 0 aliphatic rings. The van der Waals surface area contributed by atoms with Crippen molar-refractivity contribution in [3.63, 3.8) is 0 Å². The van der Waals surface area contributed by atoms with Crippen LogP contribution in [0.4, 0.5) is 0 Å². The van der Waals surface area contributed by atoms with Gasteiger partial charge in [-0.1, -0.05) is 11.6 Å². The molecule has 0 atom stereocenters.